The van der Waals surface area contributed by atoms with E-state index in [0.29, 0.717) is 10.3 Å². The number of carbonyl (C=O) groups is 1. The highest BCUT2D eigenvalue weighted by molar-refractivity contribution is 9.10. The van der Waals surface area contributed by atoms with Crippen molar-refractivity contribution in [3.05, 3.63) is 55.5 Å². The molecule has 0 bridgehead atoms. The van der Waals surface area contributed by atoms with Gasteiger partial charge in [0.15, 0.2) is 0 Å². The van der Waals surface area contributed by atoms with Crippen LogP contribution >= 0.6 is 27.5 Å². The summed E-state index contributed by atoms with van der Waals surface area (Å²) in [6, 6.07) is 2.83. The highest BCUT2D eigenvalue weighted by atomic mass is 79.9. The van der Waals surface area contributed by atoms with Gasteiger partial charge in [-0.15, -0.1) is 0 Å². The average molecular weight is 372 g/mol. The number of nitrogens with one attached hydrogen (secondary N) is 1. The number of halogens is 2. The fourth-order valence-electron chi connectivity index (χ4n) is 1.57. The average Bonchev–Trinajstić information content (AvgIpc) is 2.42. The summed E-state index contributed by atoms with van der Waals surface area (Å²) in [6.45, 7) is 1.80. The molecule has 1 N–H and O–H groups in total. The van der Waals surface area contributed by atoms with Gasteiger partial charge in [-0.05, 0) is 40.5 Å². The van der Waals surface area contributed by atoms with Gasteiger partial charge in [-0.25, -0.2) is 9.97 Å². The smallest absolute Gasteiger partial charge is 0.300 e. The Balaban J connectivity index is 2.34. The Kier molecular flexibility index (Phi) is 4.49. The quantitative estimate of drug-likeness (QED) is 0.507. The van der Waals surface area contributed by atoms with Gasteiger partial charge in [0.2, 0.25) is 0 Å². The third-order valence-corrected chi connectivity index (χ3v) is 3.60. The van der Waals surface area contributed by atoms with Crippen molar-refractivity contribution in [2.45, 2.75) is 6.92 Å². The number of rotatable bonds is 3. The molecule has 0 aliphatic carbocycles. The zero-order valence-electron chi connectivity index (χ0n) is 10.6. The second-order valence-corrected chi connectivity index (χ2v) is 5.21. The summed E-state index contributed by atoms with van der Waals surface area (Å²) in [5, 5.41) is 13.4. The molecule has 0 fully saturated rings. The number of hydrogen-bond donors (Lipinski definition) is 1. The summed E-state index contributed by atoms with van der Waals surface area (Å²) in [5.74, 6) is -0.658. The van der Waals surface area contributed by atoms with Crippen LogP contribution in [-0.2, 0) is 0 Å². The number of amides is 1. The first kappa shape index (κ1) is 15.3. The van der Waals surface area contributed by atoms with Crippen LogP contribution in [-0.4, -0.2) is 20.8 Å². The summed E-state index contributed by atoms with van der Waals surface area (Å²) in [6.07, 6.45) is 2.38. The third kappa shape index (κ3) is 3.53. The van der Waals surface area contributed by atoms with Crippen molar-refractivity contribution in [1.82, 2.24) is 9.97 Å². The summed E-state index contributed by atoms with van der Waals surface area (Å²) in [4.78, 5) is 30.0. The lowest BCUT2D eigenvalue weighted by molar-refractivity contribution is -0.385. The minimum absolute atomic E-state index is 0.00383. The minimum Gasteiger partial charge on any atom is -0.320 e. The second kappa shape index (κ2) is 6.15. The van der Waals surface area contributed by atoms with E-state index in [2.05, 4.69) is 31.2 Å². The van der Waals surface area contributed by atoms with Crippen LogP contribution in [0.15, 0.2) is 29.1 Å². The van der Waals surface area contributed by atoms with Crippen LogP contribution in [0.1, 0.15) is 15.9 Å². The van der Waals surface area contributed by atoms with Gasteiger partial charge in [-0.2, -0.15) is 0 Å². The third-order valence-electron chi connectivity index (χ3n) is 2.56. The van der Waals surface area contributed by atoms with E-state index in [1.165, 1.54) is 6.20 Å². The largest absolute Gasteiger partial charge is 0.320 e. The molecule has 1 amide bonds. The van der Waals surface area contributed by atoms with Crippen LogP contribution in [0.25, 0.3) is 0 Å². The molecule has 0 saturated heterocycles. The van der Waals surface area contributed by atoms with Gasteiger partial charge in [-0.3, -0.25) is 14.9 Å². The van der Waals surface area contributed by atoms with Crippen molar-refractivity contribution in [2.75, 3.05) is 5.32 Å². The highest BCUT2D eigenvalue weighted by Crippen LogP contribution is 2.22. The SMILES string of the molecule is Cc1cc(NC(=O)c2cc(Cl)ncc2[N+](=O)[O-])cnc1Br. The van der Waals surface area contributed by atoms with E-state index in [-0.39, 0.29) is 10.7 Å². The molecule has 0 aliphatic heterocycles. The molecule has 0 aliphatic rings. The lowest BCUT2D eigenvalue weighted by Crippen LogP contribution is -2.14. The van der Waals surface area contributed by atoms with Gasteiger partial charge in [0.05, 0.1) is 16.8 Å². The predicted molar refractivity (Wildman–Crippen MR) is 80.5 cm³/mol. The van der Waals surface area contributed by atoms with Crippen molar-refractivity contribution in [3.8, 4) is 0 Å². The van der Waals surface area contributed by atoms with E-state index in [4.69, 9.17) is 11.6 Å². The predicted octanol–water partition coefficient (Wildman–Crippen LogP) is 3.36. The van der Waals surface area contributed by atoms with Gasteiger partial charge in [-0.1, -0.05) is 11.6 Å². The van der Waals surface area contributed by atoms with Crippen LogP contribution < -0.4 is 5.32 Å². The fourth-order valence-corrected chi connectivity index (χ4v) is 1.95. The standard InChI is InChI=1S/C12H8BrClN4O3/c1-6-2-7(4-16-11(6)13)17-12(19)8-3-10(14)15-5-9(8)18(20)21/h2-5H,1H3,(H,17,19). The topological polar surface area (TPSA) is 98.0 Å². The first-order chi connectivity index (χ1) is 9.88. The van der Waals surface area contributed by atoms with E-state index in [1.807, 2.05) is 0 Å². The Morgan fingerprint density at radius 1 is 1.38 bits per heavy atom. The van der Waals surface area contributed by atoms with Crippen LogP contribution in [0.3, 0.4) is 0 Å². The number of nitrogens with zero attached hydrogens (tertiary/aromatic N) is 3. The number of hydrogen-bond acceptors (Lipinski definition) is 5. The van der Waals surface area contributed by atoms with Crippen LogP contribution in [0.5, 0.6) is 0 Å². The maximum absolute atomic E-state index is 12.1. The molecule has 0 unspecified atom stereocenters. The molecule has 2 heterocycles. The van der Waals surface area contributed by atoms with E-state index >= 15 is 0 Å². The van der Waals surface area contributed by atoms with Crippen molar-refractivity contribution in [2.24, 2.45) is 0 Å². The molecule has 21 heavy (non-hydrogen) atoms. The van der Waals surface area contributed by atoms with E-state index in [1.54, 1.807) is 13.0 Å². The zero-order chi connectivity index (χ0) is 15.6. The molecule has 2 rings (SSSR count). The Labute approximate surface area is 132 Å². The Morgan fingerprint density at radius 3 is 2.71 bits per heavy atom. The maximum atomic E-state index is 12.1. The first-order valence-electron chi connectivity index (χ1n) is 5.62. The molecule has 9 heteroatoms. The van der Waals surface area contributed by atoms with E-state index in [9.17, 15) is 14.9 Å². The lowest BCUT2D eigenvalue weighted by atomic mass is 10.2. The molecular formula is C12H8BrClN4O3. The molecule has 0 radical (unpaired) electrons. The normalized spacial score (nSPS) is 10.2. The highest BCUT2D eigenvalue weighted by Gasteiger charge is 2.21. The van der Waals surface area contributed by atoms with Crippen LogP contribution in [0.4, 0.5) is 11.4 Å². The van der Waals surface area contributed by atoms with Gasteiger partial charge >= 0.3 is 0 Å². The number of nitro groups is 1. The number of pyridine rings is 2. The number of aryl methyl sites for hydroxylation is 1. The Morgan fingerprint density at radius 2 is 2.10 bits per heavy atom. The molecule has 0 atom stereocenters. The fraction of sp³-hybridized carbons (Fsp3) is 0.0833. The molecule has 108 valence electrons. The maximum Gasteiger partial charge on any atom is 0.300 e. The summed E-state index contributed by atoms with van der Waals surface area (Å²) < 4.78 is 0.651. The Bertz CT molecular complexity index is 738. The molecule has 0 aromatic carbocycles. The summed E-state index contributed by atoms with van der Waals surface area (Å²) in [5.41, 5.74) is 0.650. The van der Waals surface area contributed by atoms with Crippen molar-refractivity contribution < 1.29 is 9.72 Å². The lowest BCUT2D eigenvalue weighted by Gasteiger charge is -2.07. The molecule has 2 aromatic rings. The molecule has 2 aromatic heterocycles. The van der Waals surface area contributed by atoms with Gasteiger partial charge in [0, 0.05) is 0 Å². The molecular weight excluding hydrogens is 364 g/mol. The van der Waals surface area contributed by atoms with Crippen molar-refractivity contribution >= 4 is 44.8 Å². The van der Waals surface area contributed by atoms with Crippen molar-refractivity contribution in [3.63, 3.8) is 0 Å². The van der Waals surface area contributed by atoms with E-state index in [0.717, 1.165) is 17.8 Å². The summed E-state index contributed by atoms with van der Waals surface area (Å²) in [7, 11) is 0. The van der Waals surface area contributed by atoms with Gasteiger partial charge in [0.1, 0.15) is 21.5 Å². The number of carbonyl (C=O) groups excluding carboxylic acids is 1. The number of aromatic nitrogens is 2. The molecule has 0 spiro atoms. The van der Waals surface area contributed by atoms with E-state index < -0.39 is 16.5 Å². The minimum atomic E-state index is -0.691. The second-order valence-electron chi connectivity index (χ2n) is 4.07. The van der Waals surface area contributed by atoms with Gasteiger partial charge in [0.25, 0.3) is 11.6 Å². The molecule has 0 saturated carbocycles. The molecule has 7 nitrogen and oxygen atoms in total. The Hall–Kier alpha value is -2.06. The number of anilines is 1. The monoisotopic (exact) mass is 370 g/mol. The van der Waals surface area contributed by atoms with Crippen LogP contribution in [0.2, 0.25) is 5.15 Å². The summed E-state index contributed by atoms with van der Waals surface area (Å²) >= 11 is 8.92. The van der Waals surface area contributed by atoms with Crippen molar-refractivity contribution in [1.29, 1.82) is 0 Å². The van der Waals surface area contributed by atoms with Gasteiger partial charge < -0.3 is 5.32 Å². The van der Waals surface area contributed by atoms with Crippen LogP contribution in [0, 0.1) is 17.0 Å². The first-order valence-corrected chi connectivity index (χ1v) is 6.79. The zero-order valence-corrected chi connectivity index (χ0v) is 13.0.